The normalized spacial score (nSPS) is 18.5. The van der Waals surface area contributed by atoms with Gasteiger partial charge in [0.05, 0.1) is 0 Å². The van der Waals surface area contributed by atoms with Crippen molar-refractivity contribution in [3.8, 4) is 0 Å². The average Bonchev–Trinajstić information content (AvgIpc) is 3.02. The predicted molar refractivity (Wildman–Crippen MR) is 69.7 cm³/mol. The Morgan fingerprint density at radius 3 is 2.31 bits per heavy atom. The minimum absolute atomic E-state index is 0.237. The summed E-state index contributed by atoms with van der Waals surface area (Å²) in [5.74, 6) is 0.855. The van der Waals surface area contributed by atoms with E-state index in [1.165, 1.54) is 24.0 Å². The summed E-state index contributed by atoms with van der Waals surface area (Å²) in [6.07, 6.45) is 2.76. The van der Waals surface area contributed by atoms with Gasteiger partial charge in [0.2, 0.25) is 0 Å². The molecule has 1 saturated carbocycles. The highest BCUT2D eigenvalue weighted by atomic mass is 14.9. The fourth-order valence-electron chi connectivity index (χ4n) is 2.53. The van der Waals surface area contributed by atoms with Gasteiger partial charge in [0.25, 0.3) is 0 Å². The minimum atomic E-state index is 0.237. The second-order valence-corrected chi connectivity index (χ2v) is 5.94. The third-order valence-corrected chi connectivity index (χ3v) is 3.51. The van der Waals surface area contributed by atoms with Crippen molar-refractivity contribution in [1.82, 2.24) is 5.32 Å². The van der Waals surface area contributed by atoms with Crippen LogP contribution in [0.15, 0.2) is 24.3 Å². The summed E-state index contributed by atoms with van der Waals surface area (Å²) in [5.41, 5.74) is 3.22. The van der Waals surface area contributed by atoms with E-state index in [0.717, 1.165) is 5.92 Å². The van der Waals surface area contributed by atoms with Crippen LogP contribution in [0, 0.1) is 5.92 Å². The van der Waals surface area contributed by atoms with Gasteiger partial charge in [-0.15, -0.1) is 0 Å². The van der Waals surface area contributed by atoms with Gasteiger partial charge >= 0.3 is 0 Å². The summed E-state index contributed by atoms with van der Waals surface area (Å²) < 4.78 is 0. The van der Waals surface area contributed by atoms with Gasteiger partial charge in [-0.2, -0.15) is 0 Å². The lowest BCUT2D eigenvalue weighted by Gasteiger charge is -2.27. The maximum absolute atomic E-state index is 3.49. The smallest absolute Gasteiger partial charge is 0.0349 e. The molecular formula is C15H23N. The summed E-state index contributed by atoms with van der Waals surface area (Å²) in [5, 5.41) is 3.49. The zero-order valence-corrected chi connectivity index (χ0v) is 10.9. The van der Waals surface area contributed by atoms with Gasteiger partial charge in [-0.25, -0.2) is 0 Å². The second kappa shape index (κ2) is 4.21. The van der Waals surface area contributed by atoms with Crippen molar-refractivity contribution in [3.63, 3.8) is 0 Å². The van der Waals surface area contributed by atoms with E-state index >= 15 is 0 Å². The Hall–Kier alpha value is -0.820. The number of hydrogen-bond acceptors (Lipinski definition) is 1. The van der Waals surface area contributed by atoms with Crippen LogP contribution in [-0.2, 0) is 5.41 Å². The lowest BCUT2D eigenvalue weighted by Crippen LogP contribution is -2.23. The molecule has 1 aromatic rings. The van der Waals surface area contributed by atoms with Crippen LogP contribution in [0.2, 0.25) is 0 Å². The first-order chi connectivity index (χ1) is 7.54. The molecule has 2 rings (SSSR count). The fourth-order valence-corrected chi connectivity index (χ4v) is 2.53. The van der Waals surface area contributed by atoms with E-state index in [1.807, 2.05) is 0 Å². The molecule has 0 bridgehead atoms. The Morgan fingerprint density at radius 2 is 1.81 bits per heavy atom. The highest BCUT2D eigenvalue weighted by Crippen LogP contribution is 2.43. The highest BCUT2D eigenvalue weighted by molar-refractivity contribution is 5.36. The largest absolute Gasteiger partial charge is 0.313 e. The standard InChI is InChI=1S/C15H23N/c1-15(2,3)13-8-6-5-7-12(13)14(16-4)11-9-10-11/h5-8,11,14,16H,9-10H2,1-4H3. The summed E-state index contributed by atoms with van der Waals surface area (Å²) in [4.78, 5) is 0. The van der Waals surface area contributed by atoms with Gasteiger partial charge in [0.1, 0.15) is 0 Å². The van der Waals surface area contributed by atoms with Crippen LogP contribution in [0.25, 0.3) is 0 Å². The number of benzene rings is 1. The zero-order valence-electron chi connectivity index (χ0n) is 10.9. The molecule has 1 atom stereocenters. The fraction of sp³-hybridized carbons (Fsp3) is 0.600. The number of rotatable bonds is 3. The van der Waals surface area contributed by atoms with Gasteiger partial charge in [-0.05, 0) is 42.3 Å². The summed E-state index contributed by atoms with van der Waals surface area (Å²) in [7, 11) is 2.09. The maximum Gasteiger partial charge on any atom is 0.0349 e. The topological polar surface area (TPSA) is 12.0 Å². The van der Waals surface area contributed by atoms with Crippen molar-refractivity contribution in [2.45, 2.75) is 45.1 Å². The molecular weight excluding hydrogens is 194 g/mol. The van der Waals surface area contributed by atoms with E-state index in [4.69, 9.17) is 0 Å². The molecule has 0 heterocycles. The predicted octanol–water partition coefficient (Wildman–Crippen LogP) is 3.65. The Labute approximate surface area is 99.3 Å². The van der Waals surface area contributed by atoms with Gasteiger partial charge in [-0.3, -0.25) is 0 Å². The molecule has 1 N–H and O–H groups in total. The van der Waals surface area contributed by atoms with Crippen molar-refractivity contribution in [2.75, 3.05) is 7.05 Å². The Balaban J connectivity index is 2.38. The first-order valence-electron chi connectivity index (χ1n) is 6.30. The molecule has 1 aromatic carbocycles. The lowest BCUT2D eigenvalue weighted by atomic mass is 9.81. The molecule has 16 heavy (non-hydrogen) atoms. The van der Waals surface area contributed by atoms with Gasteiger partial charge in [0, 0.05) is 6.04 Å². The molecule has 0 amide bonds. The quantitative estimate of drug-likeness (QED) is 0.815. The molecule has 1 unspecified atom stereocenters. The monoisotopic (exact) mass is 217 g/mol. The van der Waals surface area contributed by atoms with E-state index < -0.39 is 0 Å². The number of hydrogen-bond donors (Lipinski definition) is 1. The van der Waals surface area contributed by atoms with E-state index in [9.17, 15) is 0 Å². The SMILES string of the molecule is CNC(c1ccccc1C(C)(C)C)C1CC1. The Bertz CT molecular complexity index is 358. The highest BCUT2D eigenvalue weighted by Gasteiger charge is 2.33. The van der Waals surface area contributed by atoms with Gasteiger partial charge in [-0.1, -0.05) is 45.0 Å². The Kier molecular flexibility index (Phi) is 3.07. The van der Waals surface area contributed by atoms with E-state index in [0.29, 0.717) is 6.04 Å². The first kappa shape index (κ1) is 11.7. The molecule has 1 aliphatic rings. The summed E-state index contributed by atoms with van der Waals surface area (Å²) in [6.45, 7) is 6.89. The minimum Gasteiger partial charge on any atom is -0.313 e. The summed E-state index contributed by atoms with van der Waals surface area (Å²) >= 11 is 0. The molecule has 0 spiro atoms. The number of nitrogens with one attached hydrogen (secondary N) is 1. The van der Waals surface area contributed by atoms with Crippen LogP contribution in [0.1, 0.15) is 50.8 Å². The molecule has 0 aliphatic heterocycles. The van der Waals surface area contributed by atoms with Crippen LogP contribution in [-0.4, -0.2) is 7.05 Å². The molecule has 1 aliphatic carbocycles. The van der Waals surface area contributed by atoms with E-state index in [-0.39, 0.29) is 5.41 Å². The van der Waals surface area contributed by atoms with Gasteiger partial charge in [0.15, 0.2) is 0 Å². The third kappa shape index (κ3) is 2.30. The molecule has 0 aromatic heterocycles. The Morgan fingerprint density at radius 1 is 1.19 bits per heavy atom. The van der Waals surface area contributed by atoms with Crippen molar-refractivity contribution >= 4 is 0 Å². The van der Waals surface area contributed by atoms with E-state index in [1.54, 1.807) is 0 Å². The maximum atomic E-state index is 3.49. The van der Waals surface area contributed by atoms with E-state index in [2.05, 4.69) is 57.4 Å². The van der Waals surface area contributed by atoms with Crippen molar-refractivity contribution in [2.24, 2.45) is 5.92 Å². The third-order valence-electron chi connectivity index (χ3n) is 3.51. The van der Waals surface area contributed by atoms with Crippen molar-refractivity contribution in [1.29, 1.82) is 0 Å². The zero-order chi connectivity index (χ0) is 11.8. The lowest BCUT2D eigenvalue weighted by molar-refractivity contribution is 0.501. The average molecular weight is 217 g/mol. The summed E-state index contributed by atoms with van der Waals surface area (Å²) in [6, 6.07) is 9.44. The second-order valence-electron chi connectivity index (χ2n) is 5.94. The van der Waals surface area contributed by atoms with Crippen LogP contribution in [0.4, 0.5) is 0 Å². The van der Waals surface area contributed by atoms with Crippen molar-refractivity contribution < 1.29 is 0 Å². The molecule has 1 heteroatoms. The van der Waals surface area contributed by atoms with Crippen LogP contribution in [0.3, 0.4) is 0 Å². The van der Waals surface area contributed by atoms with Crippen LogP contribution in [0.5, 0.6) is 0 Å². The first-order valence-corrected chi connectivity index (χ1v) is 6.30. The molecule has 1 fully saturated rings. The van der Waals surface area contributed by atoms with Gasteiger partial charge < -0.3 is 5.32 Å². The molecule has 0 radical (unpaired) electrons. The van der Waals surface area contributed by atoms with Crippen molar-refractivity contribution in [3.05, 3.63) is 35.4 Å². The molecule has 1 nitrogen and oxygen atoms in total. The molecule has 88 valence electrons. The van der Waals surface area contributed by atoms with Crippen LogP contribution < -0.4 is 5.32 Å². The molecule has 0 saturated heterocycles. The van der Waals surface area contributed by atoms with Crippen LogP contribution >= 0.6 is 0 Å².